The van der Waals surface area contributed by atoms with Gasteiger partial charge in [-0.25, -0.2) is 14.4 Å². The molecule has 3 saturated carbocycles. The number of hydrogen-bond acceptors (Lipinski definition) is 7. The number of carbonyl (C=O) groups is 2. The quantitative estimate of drug-likeness (QED) is 0.341. The Bertz CT molecular complexity index is 1800. The molecule has 2 amide bonds. The second-order valence-electron chi connectivity index (χ2n) is 12.0. The lowest BCUT2D eigenvalue weighted by Gasteiger charge is -2.65. The van der Waals surface area contributed by atoms with Crippen LogP contribution in [0.3, 0.4) is 0 Å². The molecule has 2 aliphatic heterocycles. The summed E-state index contributed by atoms with van der Waals surface area (Å²) in [4.78, 5) is 41.8. The number of aromatic amines is 1. The van der Waals surface area contributed by atoms with E-state index in [1.807, 2.05) is 17.0 Å². The third-order valence-corrected chi connectivity index (χ3v) is 9.72. The zero-order valence-corrected chi connectivity index (χ0v) is 24.0. The number of amides is 2. The number of tetrazole rings is 1. The van der Waals surface area contributed by atoms with Crippen molar-refractivity contribution in [2.75, 3.05) is 4.90 Å². The van der Waals surface area contributed by atoms with Crippen LogP contribution in [0.15, 0.2) is 49.1 Å². The zero-order valence-electron chi connectivity index (χ0n) is 23.2. The van der Waals surface area contributed by atoms with Crippen molar-refractivity contribution in [3.05, 3.63) is 71.3 Å². The van der Waals surface area contributed by atoms with Gasteiger partial charge in [0.2, 0.25) is 11.8 Å². The van der Waals surface area contributed by atoms with E-state index in [0.29, 0.717) is 40.9 Å². The minimum atomic E-state index is -0.552. The smallest absolute Gasteiger partial charge is 0.247 e. The number of fused-ring (bicyclic) bond motifs is 1. The predicted molar refractivity (Wildman–Crippen MR) is 154 cm³/mol. The van der Waals surface area contributed by atoms with Gasteiger partial charge in [-0.1, -0.05) is 11.6 Å². The number of nitrogens with zero attached hydrogens (tertiary/aromatic N) is 8. The van der Waals surface area contributed by atoms with Crippen molar-refractivity contribution in [1.29, 1.82) is 0 Å². The van der Waals surface area contributed by atoms with E-state index in [1.54, 1.807) is 34.0 Å². The molecule has 1 aromatic carbocycles. The number of carbonyl (C=O) groups excluding carboxylic acids is 2. The fraction of sp³-hybridized carbons (Fsp3) is 0.367. The molecule has 0 spiro atoms. The fourth-order valence-electron chi connectivity index (χ4n) is 7.50. The molecule has 218 valence electrons. The first kappa shape index (κ1) is 26.2. The molecule has 3 aromatic heterocycles. The topological polar surface area (TPSA) is 126 Å². The Kier molecular flexibility index (Phi) is 5.81. The van der Waals surface area contributed by atoms with E-state index in [-0.39, 0.29) is 35.3 Å². The molecule has 4 fully saturated rings. The van der Waals surface area contributed by atoms with Crippen LogP contribution in [0, 0.1) is 11.7 Å². The van der Waals surface area contributed by atoms with Gasteiger partial charge in [-0.3, -0.25) is 14.5 Å². The third-order valence-electron chi connectivity index (χ3n) is 9.49. The van der Waals surface area contributed by atoms with Crippen molar-refractivity contribution < 1.29 is 14.0 Å². The number of aromatic nitrogens is 7. The van der Waals surface area contributed by atoms with Crippen LogP contribution in [0.5, 0.6) is 0 Å². The Balaban J connectivity index is 1.08. The lowest BCUT2D eigenvalue weighted by Crippen LogP contribution is -2.70. The minimum absolute atomic E-state index is 0.0341. The highest BCUT2D eigenvalue weighted by Gasteiger charge is 2.62. The number of H-pyrrole nitrogens is 1. The minimum Gasteiger partial charge on any atom is -0.340 e. The number of rotatable bonds is 6. The first-order valence-electron chi connectivity index (χ1n) is 14.4. The SMILES string of the molecule is CC(=O)N(c1nccc(-c2cnc([C@@H]3CCC4CC(c5cc(Cl)ccc5-n5cnnn5)=CC(=O)N43)[nH]2)c1F)C12CC(C1)C2. The lowest BCUT2D eigenvalue weighted by atomic mass is 9.49. The summed E-state index contributed by atoms with van der Waals surface area (Å²) in [6.45, 7) is 1.47. The van der Waals surface area contributed by atoms with E-state index in [1.165, 1.54) is 19.4 Å². The van der Waals surface area contributed by atoms with E-state index in [2.05, 4.69) is 30.5 Å². The molecule has 2 bridgehead atoms. The molecule has 5 heterocycles. The van der Waals surface area contributed by atoms with Crippen molar-refractivity contribution in [2.24, 2.45) is 5.92 Å². The van der Waals surface area contributed by atoms with Crippen LogP contribution >= 0.6 is 11.6 Å². The summed E-state index contributed by atoms with van der Waals surface area (Å²) in [5, 5.41) is 12.0. The van der Waals surface area contributed by atoms with Crippen LogP contribution in [-0.4, -0.2) is 63.5 Å². The van der Waals surface area contributed by atoms with Gasteiger partial charge in [0.1, 0.15) is 12.2 Å². The first-order valence-corrected chi connectivity index (χ1v) is 14.8. The van der Waals surface area contributed by atoms with Gasteiger partial charge in [0.25, 0.3) is 0 Å². The summed E-state index contributed by atoms with van der Waals surface area (Å²) in [5.74, 6) is 0.403. The lowest BCUT2D eigenvalue weighted by molar-refractivity contribution is -0.129. The molecular formula is C30H27ClFN9O2. The Labute approximate surface area is 250 Å². The number of halogens is 2. The molecule has 1 N–H and O–H groups in total. The first-order chi connectivity index (χ1) is 20.8. The van der Waals surface area contributed by atoms with Crippen LogP contribution < -0.4 is 4.90 Å². The van der Waals surface area contributed by atoms with E-state index < -0.39 is 5.82 Å². The van der Waals surface area contributed by atoms with E-state index in [4.69, 9.17) is 11.6 Å². The summed E-state index contributed by atoms with van der Waals surface area (Å²) in [6.07, 6.45) is 11.1. The molecule has 1 saturated heterocycles. The van der Waals surface area contributed by atoms with Crippen LogP contribution in [0.1, 0.15) is 62.9 Å². The van der Waals surface area contributed by atoms with Gasteiger partial charge >= 0.3 is 0 Å². The van der Waals surface area contributed by atoms with Gasteiger partial charge in [0, 0.05) is 41.4 Å². The molecule has 3 aliphatic carbocycles. The summed E-state index contributed by atoms with van der Waals surface area (Å²) in [6, 6.07) is 6.71. The normalized spacial score (nSPS) is 25.6. The Morgan fingerprint density at radius 2 is 2.00 bits per heavy atom. The second-order valence-corrected chi connectivity index (χ2v) is 12.5. The van der Waals surface area contributed by atoms with Gasteiger partial charge in [-0.15, -0.1) is 5.10 Å². The van der Waals surface area contributed by atoms with Gasteiger partial charge in [-0.05, 0) is 84.7 Å². The molecule has 11 nitrogen and oxygen atoms in total. The number of anilines is 1. The highest BCUT2D eigenvalue weighted by atomic mass is 35.5. The number of benzene rings is 1. The zero-order chi connectivity index (χ0) is 29.5. The fourth-order valence-corrected chi connectivity index (χ4v) is 7.67. The van der Waals surface area contributed by atoms with Crippen LogP contribution in [0.25, 0.3) is 22.5 Å². The molecule has 9 rings (SSSR count). The van der Waals surface area contributed by atoms with Gasteiger partial charge < -0.3 is 9.88 Å². The maximum Gasteiger partial charge on any atom is 0.247 e. The standard InChI is InChI=1S/C30H27ClFN9O2/c1-16(42)41(30-11-17(12-30)13-30)29-27(32)21(6-7-33-29)23-14-34-28(36-23)25-5-3-20-8-18(9-26(43)40(20)25)22-10-19(31)2-4-24(22)39-15-35-37-38-39/h2,4,6-7,9-10,14-15,17,20,25H,3,5,8,11-13H2,1H3,(H,34,36)/t17?,20?,25-,30?/m0/s1. The van der Waals surface area contributed by atoms with Crippen molar-refractivity contribution in [2.45, 2.75) is 63.1 Å². The molecule has 43 heavy (non-hydrogen) atoms. The molecule has 4 aromatic rings. The van der Waals surface area contributed by atoms with Gasteiger partial charge in [0.05, 0.1) is 29.2 Å². The number of imidazole rings is 1. The third kappa shape index (κ3) is 4.03. The molecule has 2 atom stereocenters. The monoisotopic (exact) mass is 599 g/mol. The number of hydrogen-bond donors (Lipinski definition) is 1. The largest absolute Gasteiger partial charge is 0.340 e. The van der Waals surface area contributed by atoms with Gasteiger partial charge in [0.15, 0.2) is 11.6 Å². The maximum absolute atomic E-state index is 16.0. The molecule has 0 radical (unpaired) electrons. The Hall–Kier alpha value is -4.45. The molecule has 1 unspecified atom stereocenters. The average molecular weight is 600 g/mol. The summed E-state index contributed by atoms with van der Waals surface area (Å²) >= 11 is 6.34. The highest BCUT2D eigenvalue weighted by molar-refractivity contribution is 6.30. The average Bonchev–Trinajstić information content (AvgIpc) is 3.71. The van der Waals surface area contributed by atoms with Crippen molar-refractivity contribution in [3.63, 3.8) is 0 Å². The van der Waals surface area contributed by atoms with E-state index >= 15 is 4.39 Å². The van der Waals surface area contributed by atoms with Crippen molar-refractivity contribution >= 4 is 34.8 Å². The summed E-state index contributed by atoms with van der Waals surface area (Å²) in [5.41, 5.74) is 2.87. The Morgan fingerprint density at radius 3 is 2.72 bits per heavy atom. The van der Waals surface area contributed by atoms with Gasteiger partial charge in [-0.2, -0.15) is 4.68 Å². The molecule has 13 heteroatoms. The second kappa shape index (κ2) is 9.53. The van der Waals surface area contributed by atoms with Crippen molar-refractivity contribution in [1.82, 2.24) is 40.1 Å². The molecular weight excluding hydrogens is 573 g/mol. The molecule has 5 aliphatic rings. The van der Waals surface area contributed by atoms with E-state index in [9.17, 15) is 9.59 Å². The maximum atomic E-state index is 16.0. The van der Waals surface area contributed by atoms with E-state index in [0.717, 1.165) is 42.5 Å². The predicted octanol–water partition coefficient (Wildman–Crippen LogP) is 4.66. The van der Waals surface area contributed by atoms with Crippen molar-refractivity contribution in [3.8, 4) is 16.9 Å². The summed E-state index contributed by atoms with van der Waals surface area (Å²) < 4.78 is 17.5. The van der Waals surface area contributed by atoms with Crippen LogP contribution in [0.2, 0.25) is 5.02 Å². The number of pyridine rings is 1. The van der Waals surface area contributed by atoms with Crippen LogP contribution in [-0.2, 0) is 9.59 Å². The Morgan fingerprint density at radius 1 is 1.16 bits per heavy atom. The number of nitrogens with one attached hydrogen (secondary N) is 1. The summed E-state index contributed by atoms with van der Waals surface area (Å²) in [7, 11) is 0. The highest BCUT2D eigenvalue weighted by Crippen LogP contribution is 2.61. The van der Waals surface area contributed by atoms with Crippen LogP contribution in [0.4, 0.5) is 10.2 Å².